The van der Waals surface area contributed by atoms with Crippen LogP contribution in [0.4, 0.5) is 0 Å². The highest BCUT2D eigenvalue weighted by molar-refractivity contribution is 5.73. The molecule has 0 rings (SSSR count). The molecule has 0 bridgehead atoms. The normalized spacial score (nSPS) is 12.5. The summed E-state index contributed by atoms with van der Waals surface area (Å²) < 4.78 is 0. The molecule has 0 N–H and O–H groups in total. The molecular formula is C14H22O. The van der Waals surface area contributed by atoms with Crippen LogP contribution in [0.5, 0.6) is 0 Å². The number of rotatable bonds is 6. The Hall–Kier alpha value is -1.11. The molecule has 0 unspecified atom stereocenters. The summed E-state index contributed by atoms with van der Waals surface area (Å²) in [5.41, 5.74) is 3.54. The van der Waals surface area contributed by atoms with Crippen LogP contribution in [0, 0.1) is 0 Å². The molecule has 0 fully saturated rings. The Morgan fingerprint density at radius 3 is 2.27 bits per heavy atom. The van der Waals surface area contributed by atoms with E-state index >= 15 is 0 Å². The van der Waals surface area contributed by atoms with Gasteiger partial charge in [-0.15, -0.1) is 0 Å². The molecule has 15 heavy (non-hydrogen) atoms. The molecule has 0 spiro atoms. The first-order chi connectivity index (χ1) is 7.10. The van der Waals surface area contributed by atoms with Crippen molar-refractivity contribution in [3.05, 3.63) is 34.9 Å². The summed E-state index contributed by atoms with van der Waals surface area (Å²) in [7, 11) is 0. The lowest BCUT2D eigenvalue weighted by Crippen LogP contribution is -1.81. The van der Waals surface area contributed by atoms with Gasteiger partial charge in [0.15, 0.2) is 0 Å². The third-order valence-electron chi connectivity index (χ3n) is 2.23. The zero-order chi connectivity index (χ0) is 11.7. The minimum Gasteiger partial charge on any atom is -0.298 e. The molecule has 0 atom stereocenters. The van der Waals surface area contributed by atoms with E-state index in [1.807, 2.05) is 19.1 Å². The van der Waals surface area contributed by atoms with Gasteiger partial charge in [-0.1, -0.05) is 36.3 Å². The highest BCUT2D eigenvalue weighted by Crippen LogP contribution is 2.08. The van der Waals surface area contributed by atoms with Crippen LogP contribution in [0.15, 0.2) is 34.9 Å². The Balaban J connectivity index is 4.14. The van der Waals surface area contributed by atoms with Crippen LogP contribution in [0.2, 0.25) is 0 Å². The largest absolute Gasteiger partial charge is 0.298 e. The number of hydrogen-bond acceptors (Lipinski definition) is 1. The Labute approximate surface area is 93.6 Å². The van der Waals surface area contributed by atoms with Crippen molar-refractivity contribution in [2.24, 2.45) is 0 Å². The zero-order valence-corrected chi connectivity index (χ0v) is 10.3. The maximum Gasteiger partial charge on any atom is 0.146 e. The summed E-state index contributed by atoms with van der Waals surface area (Å²) in [5, 5.41) is 0. The van der Waals surface area contributed by atoms with Crippen molar-refractivity contribution in [3.8, 4) is 0 Å². The molecule has 0 heterocycles. The predicted molar refractivity (Wildman–Crippen MR) is 66.9 cm³/mol. The minimum atomic E-state index is 0.807. The molecule has 84 valence electrons. The standard InChI is InChI=1S/C14H22O/c1-5-14(11-15)10-9-13(4)8-6-7-12(2)3/h7,9-11H,5-6,8H2,1-4H3. The van der Waals surface area contributed by atoms with E-state index in [2.05, 4.69) is 26.8 Å². The number of aldehydes is 1. The maximum atomic E-state index is 10.5. The van der Waals surface area contributed by atoms with E-state index in [1.54, 1.807) is 0 Å². The van der Waals surface area contributed by atoms with Crippen molar-refractivity contribution in [1.29, 1.82) is 0 Å². The number of carbonyl (C=O) groups excluding carboxylic acids is 1. The smallest absolute Gasteiger partial charge is 0.146 e. The topological polar surface area (TPSA) is 17.1 Å². The van der Waals surface area contributed by atoms with Crippen molar-refractivity contribution < 1.29 is 4.79 Å². The van der Waals surface area contributed by atoms with E-state index in [-0.39, 0.29) is 0 Å². The fourth-order valence-electron chi connectivity index (χ4n) is 1.16. The molecule has 1 heteroatoms. The predicted octanol–water partition coefficient (Wildman–Crippen LogP) is 4.21. The summed E-state index contributed by atoms with van der Waals surface area (Å²) in [5.74, 6) is 0. The van der Waals surface area contributed by atoms with Crippen LogP contribution in [-0.4, -0.2) is 6.29 Å². The minimum absolute atomic E-state index is 0.807. The lowest BCUT2D eigenvalue weighted by atomic mass is 10.1. The first-order valence-electron chi connectivity index (χ1n) is 5.55. The molecule has 0 saturated carbocycles. The van der Waals surface area contributed by atoms with Gasteiger partial charge in [0.25, 0.3) is 0 Å². The van der Waals surface area contributed by atoms with Crippen molar-refractivity contribution in [2.45, 2.75) is 47.0 Å². The van der Waals surface area contributed by atoms with Gasteiger partial charge in [0, 0.05) is 0 Å². The fourth-order valence-corrected chi connectivity index (χ4v) is 1.16. The van der Waals surface area contributed by atoms with Gasteiger partial charge in [0.1, 0.15) is 6.29 Å². The van der Waals surface area contributed by atoms with E-state index in [4.69, 9.17) is 0 Å². The van der Waals surface area contributed by atoms with Gasteiger partial charge in [-0.25, -0.2) is 0 Å². The summed E-state index contributed by atoms with van der Waals surface area (Å²) in [6.07, 6.45) is 10.1. The van der Waals surface area contributed by atoms with Crippen LogP contribution >= 0.6 is 0 Å². The Bertz CT molecular complexity index is 276. The second kappa shape index (κ2) is 8.22. The van der Waals surface area contributed by atoms with Crippen molar-refractivity contribution in [3.63, 3.8) is 0 Å². The van der Waals surface area contributed by atoms with E-state index in [1.165, 1.54) is 11.1 Å². The third-order valence-corrected chi connectivity index (χ3v) is 2.23. The van der Waals surface area contributed by atoms with Gasteiger partial charge in [-0.2, -0.15) is 0 Å². The molecular weight excluding hydrogens is 184 g/mol. The molecule has 0 aromatic carbocycles. The highest BCUT2D eigenvalue weighted by Gasteiger charge is 1.90. The van der Waals surface area contributed by atoms with Crippen molar-refractivity contribution in [2.75, 3.05) is 0 Å². The molecule has 0 aliphatic rings. The summed E-state index contributed by atoms with van der Waals surface area (Å²) in [6.45, 7) is 8.32. The average molecular weight is 206 g/mol. The second-order valence-corrected chi connectivity index (χ2v) is 4.05. The number of hydrogen-bond donors (Lipinski definition) is 0. The van der Waals surface area contributed by atoms with Crippen LogP contribution in [0.3, 0.4) is 0 Å². The van der Waals surface area contributed by atoms with Gasteiger partial charge in [-0.05, 0) is 45.6 Å². The summed E-state index contributed by atoms with van der Waals surface area (Å²) in [4.78, 5) is 10.5. The van der Waals surface area contributed by atoms with Gasteiger partial charge < -0.3 is 0 Å². The summed E-state index contributed by atoms with van der Waals surface area (Å²) >= 11 is 0. The monoisotopic (exact) mass is 206 g/mol. The molecule has 1 nitrogen and oxygen atoms in total. The Kier molecular flexibility index (Phi) is 7.61. The molecule has 0 saturated heterocycles. The molecule has 0 aromatic rings. The maximum absolute atomic E-state index is 10.5. The van der Waals surface area contributed by atoms with Gasteiger partial charge >= 0.3 is 0 Å². The lowest BCUT2D eigenvalue weighted by molar-refractivity contribution is -0.105. The first kappa shape index (κ1) is 13.9. The number of allylic oxidation sites excluding steroid dienone is 6. The molecule has 0 amide bonds. The van der Waals surface area contributed by atoms with Crippen LogP contribution in [0.1, 0.15) is 47.0 Å². The second-order valence-electron chi connectivity index (χ2n) is 4.05. The van der Waals surface area contributed by atoms with E-state index < -0.39 is 0 Å². The highest BCUT2D eigenvalue weighted by atomic mass is 16.1. The molecule has 0 aliphatic carbocycles. The molecule has 0 radical (unpaired) electrons. The van der Waals surface area contributed by atoms with Gasteiger partial charge in [0.2, 0.25) is 0 Å². The molecule has 0 aliphatic heterocycles. The third kappa shape index (κ3) is 7.92. The van der Waals surface area contributed by atoms with Crippen molar-refractivity contribution in [1.82, 2.24) is 0 Å². The molecule has 0 aromatic heterocycles. The van der Waals surface area contributed by atoms with Gasteiger partial charge in [-0.3, -0.25) is 4.79 Å². The fraction of sp³-hybridized carbons (Fsp3) is 0.500. The SMILES string of the molecule is CCC(C=O)=CC=C(C)CCC=C(C)C. The Morgan fingerprint density at radius 1 is 1.13 bits per heavy atom. The van der Waals surface area contributed by atoms with E-state index in [0.717, 1.165) is 31.1 Å². The zero-order valence-electron chi connectivity index (χ0n) is 10.3. The lowest BCUT2D eigenvalue weighted by Gasteiger charge is -1.97. The van der Waals surface area contributed by atoms with E-state index in [0.29, 0.717) is 0 Å². The first-order valence-corrected chi connectivity index (χ1v) is 5.55. The van der Waals surface area contributed by atoms with Crippen LogP contribution in [-0.2, 0) is 4.79 Å². The van der Waals surface area contributed by atoms with E-state index in [9.17, 15) is 4.79 Å². The van der Waals surface area contributed by atoms with Crippen molar-refractivity contribution >= 4 is 6.29 Å². The van der Waals surface area contributed by atoms with Crippen LogP contribution in [0.25, 0.3) is 0 Å². The average Bonchev–Trinajstić information content (AvgIpc) is 2.18. The van der Waals surface area contributed by atoms with Gasteiger partial charge in [0.05, 0.1) is 0 Å². The number of carbonyl (C=O) groups is 1. The Morgan fingerprint density at radius 2 is 1.80 bits per heavy atom. The quantitative estimate of drug-likeness (QED) is 0.275. The summed E-state index contributed by atoms with van der Waals surface area (Å²) in [6, 6.07) is 0. The van der Waals surface area contributed by atoms with Crippen LogP contribution < -0.4 is 0 Å².